The number of aromatic nitrogens is 1. The van der Waals surface area contributed by atoms with Crippen LogP contribution in [0.2, 0.25) is 0 Å². The number of pyridine rings is 1. The molecule has 0 saturated heterocycles. The van der Waals surface area contributed by atoms with Crippen LogP contribution in [-0.2, 0) is 10.0 Å². The van der Waals surface area contributed by atoms with Gasteiger partial charge in [0.05, 0.1) is 11.5 Å². The summed E-state index contributed by atoms with van der Waals surface area (Å²) < 4.78 is 26.8. The van der Waals surface area contributed by atoms with Crippen molar-refractivity contribution in [1.29, 1.82) is 0 Å². The number of nitrogens with one attached hydrogen (secondary N) is 1. The topological polar surface area (TPSA) is 82.5 Å². The molecule has 0 aromatic carbocycles. The van der Waals surface area contributed by atoms with E-state index in [1.807, 2.05) is 6.92 Å². The lowest BCUT2D eigenvalue weighted by atomic mass is 9.93. The van der Waals surface area contributed by atoms with Crippen molar-refractivity contribution >= 4 is 15.8 Å². The second-order valence-electron chi connectivity index (χ2n) is 4.83. The van der Waals surface area contributed by atoms with E-state index >= 15 is 0 Å². The Hall–Kier alpha value is -1.18. The molecular weight excluding hydrogens is 278 g/mol. The van der Waals surface area contributed by atoms with Gasteiger partial charge in [0.2, 0.25) is 10.0 Å². The van der Waals surface area contributed by atoms with Gasteiger partial charge in [-0.3, -0.25) is 0 Å². The van der Waals surface area contributed by atoms with Gasteiger partial charge in [-0.05, 0) is 25.8 Å². The van der Waals surface area contributed by atoms with E-state index in [0.717, 1.165) is 19.3 Å². The summed E-state index contributed by atoms with van der Waals surface area (Å²) in [6.07, 6.45) is 4.26. The van der Waals surface area contributed by atoms with Crippen molar-refractivity contribution in [2.45, 2.75) is 37.1 Å². The second kappa shape index (κ2) is 6.51. The van der Waals surface area contributed by atoms with Crippen molar-refractivity contribution < 1.29 is 13.5 Å². The molecule has 6 nitrogen and oxygen atoms in total. The molecule has 1 saturated carbocycles. The number of hydrogen-bond acceptors (Lipinski definition) is 5. The zero-order valence-corrected chi connectivity index (χ0v) is 12.4. The Morgan fingerprint density at radius 2 is 2.25 bits per heavy atom. The minimum absolute atomic E-state index is 0.0166. The predicted octanol–water partition coefficient (Wildman–Crippen LogP) is 1.05. The van der Waals surface area contributed by atoms with Crippen LogP contribution < -0.4 is 5.32 Å². The van der Waals surface area contributed by atoms with Crippen molar-refractivity contribution in [3.8, 4) is 0 Å². The van der Waals surface area contributed by atoms with E-state index in [1.54, 1.807) is 6.07 Å². The third-order valence-corrected chi connectivity index (χ3v) is 5.45. The SMILES string of the molecule is CCNc1cc(S(=O)(=O)N(CCO)C2CCC2)ccn1. The van der Waals surface area contributed by atoms with Crippen LogP contribution in [0.5, 0.6) is 0 Å². The third kappa shape index (κ3) is 3.11. The molecule has 1 fully saturated rings. The summed E-state index contributed by atoms with van der Waals surface area (Å²) in [6.45, 7) is 2.58. The molecule has 20 heavy (non-hydrogen) atoms. The van der Waals surface area contributed by atoms with Crippen molar-refractivity contribution in [2.24, 2.45) is 0 Å². The molecule has 0 bridgehead atoms. The van der Waals surface area contributed by atoms with Crippen molar-refractivity contribution in [3.63, 3.8) is 0 Å². The lowest BCUT2D eigenvalue weighted by Gasteiger charge is -2.36. The Bertz CT molecular complexity index is 544. The number of aliphatic hydroxyl groups is 1. The largest absolute Gasteiger partial charge is 0.395 e. The van der Waals surface area contributed by atoms with E-state index in [0.29, 0.717) is 12.4 Å². The van der Waals surface area contributed by atoms with Gasteiger partial charge in [-0.1, -0.05) is 6.42 Å². The third-order valence-electron chi connectivity index (χ3n) is 3.50. The molecule has 0 unspecified atom stereocenters. The molecule has 0 atom stereocenters. The first-order chi connectivity index (χ1) is 9.59. The highest BCUT2D eigenvalue weighted by atomic mass is 32.2. The molecule has 0 spiro atoms. The van der Waals surface area contributed by atoms with E-state index < -0.39 is 10.0 Å². The van der Waals surface area contributed by atoms with Crippen LogP contribution in [0.3, 0.4) is 0 Å². The molecule has 0 amide bonds. The Kier molecular flexibility index (Phi) is 4.95. The number of nitrogens with zero attached hydrogens (tertiary/aromatic N) is 2. The maximum absolute atomic E-state index is 12.7. The quantitative estimate of drug-likeness (QED) is 0.786. The van der Waals surface area contributed by atoms with Gasteiger partial charge in [0.25, 0.3) is 0 Å². The van der Waals surface area contributed by atoms with Crippen LogP contribution >= 0.6 is 0 Å². The highest BCUT2D eigenvalue weighted by molar-refractivity contribution is 7.89. The van der Waals surface area contributed by atoms with Gasteiger partial charge >= 0.3 is 0 Å². The average molecular weight is 299 g/mol. The summed E-state index contributed by atoms with van der Waals surface area (Å²) in [7, 11) is -3.57. The average Bonchev–Trinajstić information content (AvgIpc) is 2.37. The number of anilines is 1. The fourth-order valence-electron chi connectivity index (χ4n) is 2.26. The standard InChI is InChI=1S/C13H21N3O3S/c1-2-14-13-10-12(6-7-15-13)20(18,19)16(8-9-17)11-4-3-5-11/h6-7,10-11,17H,2-5,8-9H2,1H3,(H,14,15). The van der Waals surface area contributed by atoms with Gasteiger partial charge in [-0.2, -0.15) is 4.31 Å². The molecule has 1 aliphatic carbocycles. The van der Waals surface area contributed by atoms with Gasteiger partial charge < -0.3 is 10.4 Å². The number of aliphatic hydroxyl groups excluding tert-OH is 1. The van der Waals surface area contributed by atoms with Crippen LogP contribution in [0.15, 0.2) is 23.2 Å². The zero-order valence-electron chi connectivity index (χ0n) is 11.6. The molecule has 2 rings (SSSR count). The van der Waals surface area contributed by atoms with Gasteiger partial charge in [0.1, 0.15) is 5.82 Å². The van der Waals surface area contributed by atoms with Crippen molar-refractivity contribution in [3.05, 3.63) is 18.3 Å². The van der Waals surface area contributed by atoms with E-state index in [2.05, 4.69) is 10.3 Å². The number of sulfonamides is 1. The second-order valence-corrected chi connectivity index (χ2v) is 6.72. The van der Waals surface area contributed by atoms with Gasteiger partial charge in [-0.25, -0.2) is 13.4 Å². The lowest BCUT2D eigenvalue weighted by molar-refractivity contribution is 0.178. The first kappa shape index (κ1) is 15.2. The Morgan fingerprint density at radius 3 is 2.80 bits per heavy atom. The smallest absolute Gasteiger partial charge is 0.243 e. The van der Waals surface area contributed by atoms with E-state index in [4.69, 9.17) is 5.11 Å². The van der Waals surface area contributed by atoms with Crippen LogP contribution in [0.1, 0.15) is 26.2 Å². The fraction of sp³-hybridized carbons (Fsp3) is 0.615. The van der Waals surface area contributed by atoms with Crippen LogP contribution in [0, 0.1) is 0 Å². The number of rotatable bonds is 7. The van der Waals surface area contributed by atoms with E-state index in [1.165, 1.54) is 16.6 Å². The molecule has 0 radical (unpaired) electrons. The molecule has 1 aliphatic rings. The van der Waals surface area contributed by atoms with Crippen LogP contribution in [0.4, 0.5) is 5.82 Å². The minimum atomic E-state index is -3.57. The Labute approximate surface area is 119 Å². The van der Waals surface area contributed by atoms with E-state index in [-0.39, 0.29) is 24.1 Å². The normalized spacial score (nSPS) is 16.1. The zero-order chi connectivity index (χ0) is 14.6. The molecule has 1 aromatic rings. The summed E-state index contributed by atoms with van der Waals surface area (Å²) in [5.74, 6) is 0.547. The van der Waals surface area contributed by atoms with E-state index in [9.17, 15) is 8.42 Å². The van der Waals surface area contributed by atoms with Crippen LogP contribution in [-0.4, -0.2) is 48.6 Å². The molecule has 1 aromatic heterocycles. The van der Waals surface area contributed by atoms with Crippen molar-refractivity contribution in [1.82, 2.24) is 9.29 Å². The Balaban J connectivity index is 2.29. The number of hydrogen-bond donors (Lipinski definition) is 2. The molecule has 0 aliphatic heterocycles. The summed E-state index contributed by atoms with van der Waals surface area (Å²) in [6, 6.07) is 3.06. The molecule has 2 N–H and O–H groups in total. The molecule has 1 heterocycles. The van der Waals surface area contributed by atoms with Crippen molar-refractivity contribution in [2.75, 3.05) is 25.0 Å². The maximum Gasteiger partial charge on any atom is 0.243 e. The highest BCUT2D eigenvalue weighted by Gasteiger charge is 2.34. The van der Waals surface area contributed by atoms with Gasteiger partial charge in [-0.15, -0.1) is 0 Å². The summed E-state index contributed by atoms with van der Waals surface area (Å²) in [5, 5.41) is 12.1. The first-order valence-corrected chi connectivity index (χ1v) is 8.36. The molecule has 112 valence electrons. The predicted molar refractivity (Wildman–Crippen MR) is 77.0 cm³/mol. The van der Waals surface area contributed by atoms with Gasteiger partial charge in [0.15, 0.2) is 0 Å². The maximum atomic E-state index is 12.7. The summed E-state index contributed by atoms with van der Waals surface area (Å²) in [4.78, 5) is 4.31. The summed E-state index contributed by atoms with van der Waals surface area (Å²) >= 11 is 0. The first-order valence-electron chi connectivity index (χ1n) is 6.92. The minimum Gasteiger partial charge on any atom is -0.395 e. The summed E-state index contributed by atoms with van der Waals surface area (Å²) in [5.41, 5.74) is 0. The highest BCUT2D eigenvalue weighted by Crippen LogP contribution is 2.30. The van der Waals surface area contributed by atoms with Gasteiger partial charge in [0, 0.05) is 31.4 Å². The molecular formula is C13H21N3O3S. The Morgan fingerprint density at radius 1 is 1.50 bits per heavy atom. The molecule has 7 heteroatoms. The van der Waals surface area contributed by atoms with Crippen LogP contribution in [0.25, 0.3) is 0 Å². The lowest BCUT2D eigenvalue weighted by Crippen LogP contribution is -2.45. The fourth-order valence-corrected chi connectivity index (χ4v) is 3.95. The monoisotopic (exact) mass is 299 g/mol.